The lowest BCUT2D eigenvalue weighted by atomic mass is 10.2. The van der Waals surface area contributed by atoms with Crippen molar-refractivity contribution in [2.24, 2.45) is 0 Å². The highest BCUT2D eigenvalue weighted by atomic mass is 79.9. The summed E-state index contributed by atoms with van der Waals surface area (Å²) in [5.74, 6) is 0. The standard InChI is InChI=1S/C23H33BrN6O5S/c1-22(2,3)35-21(32)30(23(4)7-8-23)36(33,34)16-13-17(19-25-14-18(24)29(19)15-16)27-9-11-28(12-10-27)20(31)26(5)6/h13-15H,7-12H2,1-6H3. The first-order valence-corrected chi connectivity index (χ1v) is 14.0. The Hall–Kier alpha value is -2.54. The highest BCUT2D eigenvalue weighted by Crippen LogP contribution is 2.45. The lowest BCUT2D eigenvalue weighted by molar-refractivity contribution is 0.0331. The molecule has 11 nitrogen and oxygen atoms in total. The minimum atomic E-state index is -4.26. The molecule has 1 saturated heterocycles. The molecule has 2 aliphatic rings. The summed E-state index contributed by atoms with van der Waals surface area (Å²) in [5, 5.41) is 0. The maximum Gasteiger partial charge on any atom is 0.424 e. The number of hydrogen-bond acceptors (Lipinski definition) is 7. The fourth-order valence-electron chi connectivity index (χ4n) is 4.21. The van der Waals surface area contributed by atoms with Crippen LogP contribution in [0.1, 0.15) is 40.5 Å². The normalized spacial score (nSPS) is 17.8. The van der Waals surface area contributed by atoms with E-state index in [1.165, 1.54) is 11.1 Å². The van der Waals surface area contributed by atoms with Crippen molar-refractivity contribution < 1.29 is 22.7 Å². The van der Waals surface area contributed by atoms with Crippen molar-refractivity contribution in [1.82, 2.24) is 23.5 Å². The predicted molar refractivity (Wildman–Crippen MR) is 139 cm³/mol. The smallest absolute Gasteiger partial charge is 0.424 e. The van der Waals surface area contributed by atoms with E-state index >= 15 is 0 Å². The van der Waals surface area contributed by atoms with Gasteiger partial charge in [0.15, 0.2) is 5.65 Å². The lowest BCUT2D eigenvalue weighted by Crippen LogP contribution is -2.51. The highest BCUT2D eigenvalue weighted by Gasteiger charge is 2.53. The van der Waals surface area contributed by atoms with E-state index in [0.29, 0.717) is 55.0 Å². The van der Waals surface area contributed by atoms with E-state index in [0.717, 1.165) is 4.31 Å². The van der Waals surface area contributed by atoms with Crippen molar-refractivity contribution in [2.45, 2.75) is 56.6 Å². The van der Waals surface area contributed by atoms with E-state index in [2.05, 4.69) is 20.9 Å². The summed E-state index contributed by atoms with van der Waals surface area (Å²) in [6, 6.07) is 1.50. The summed E-state index contributed by atoms with van der Waals surface area (Å²) >= 11 is 3.45. The third kappa shape index (κ3) is 4.99. The number of hydrogen-bond donors (Lipinski definition) is 0. The first-order chi connectivity index (χ1) is 16.6. The number of halogens is 1. The molecular weight excluding hydrogens is 552 g/mol. The number of anilines is 1. The molecule has 0 atom stereocenters. The minimum Gasteiger partial charge on any atom is -0.443 e. The van der Waals surface area contributed by atoms with Crippen LogP contribution in [0.2, 0.25) is 0 Å². The number of piperazine rings is 1. The number of rotatable bonds is 4. The predicted octanol–water partition coefficient (Wildman–Crippen LogP) is 3.38. The van der Waals surface area contributed by atoms with Crippen LogP contribution in [0.15, 0.2) is 28.0 Å². The van der Waals surface area contributed by atoms with E-state index in [1.54, 1.807) is 63.4 Å². The van der Waals surface area contributed by atoms with E-state index in [1.807, 2.05) is 4.90 Å². The van der Waals surface area contributed by atoms with E-state index in [4.69, 9.17) is 4.74 Å². The van der Waals surface area contributed by atoms with Gasteiger partial charge in [-0.1, -0.05) is 0 Å². The Labute approximate surface area is 220 Å². The molecule has 2 aromatic heterocycles. The van der Waals surface area contributed by atoms with Crippen LogP contribution in [0.25, 0.3) is 5.65 Å². The van der Waals surface area contributed by atoms with Crippen LogP contribution in [0.4, 0.5) is 15.3 Å². The number of imidazole rings is 1. The Bertz CT molecular complexity index is 1290. The number of pyridine rings is 1. The molecule has 0 bridgehead atoms. The Morgan fingerprint density at radius 3 is 2.28 bits per heavy atom. The number of carbonyl (C=O) groups excluding carboxylic acids is 2. The van der Waals surface area contributed by atoms with Gasteiger partial charge in [-0.05, 0) is 62.5 Å². The summed E-state index contributed by atoms with van der Waals surface area (Å²) in [6.45, 7) is 8.87. The minimum absolute atomic E-state index is 0.0329. The second-order valence-electron chi connectivity index (χ2n) is 10.7. The third-order valence-electron chi connectivity index (χ3n) is 6.35. The van der Waals surface area contributed by atoms with Crippen molar-refractivity contribution in [1.29, 1.82) is 0 Å². The van der Waals surface area contributed by atoms with Gasteiger partial charge < -0.3 is 19.4 Å². The van der Waals surface area contributed by atoms with Crippen molar-refractivity contribution in [2.75, 3.05) is 45.2 Å². The largest absolute Gasteiger partial charge is 0.443 e. The summed E-state index contributed by atoms with van der Waals surface area (Å²) in [5.41, 5.74) is -0.485. The molecule has 1 aliphatic heterocycles. The molecule has 0 unspecified atom stereocenters. The molecule has 0 spiro atoms. The average Bonchev–Trinajstić information content (AvgIpc) is 3.40. The van der Waals surface area contributed by atoms with E-state index < -0.39 is 27.3 Å². The monoisotopic (exact) mass is 584 g/mol. The number of sulfonamides is 1. The third-order valence-corrected chi connectivity index (χ3v) is 8.83. The number of aromatic nitrogens is 2. The first kappa shape index (κ1) is 26.5. The van der Waals surface area contributed by atoms with Gasteiger partial charge in [0.05, 0.1) is 17.4 Å². The lowest BCUT2D eigenvalue weighted by Gasteiger charge is -2.37. The number of amides is 3. The van der Waals surface area contributed by atoms with Crippen LogP contribution in [-0.4, -0.2) is 95.4 Å². The summed E-state index contributed by atoms with van der Waals surface area (Å²) in [4.78, 5) is 35.2. The van der Waals surface area contributed by atoms with Gasteiger partial charge in [-0.25, -0.2) is 23.0 Å². The van der Waals surface area contributed by atoms with E-state index in [9.17, 15) is 18.0 Å². The summed E-state index contributed by atoms with van der Waals surface area (Å²) < 4.78 is 36.6. The van der Waals surface area contributed by atoms with Crippen LogP contribution in [0, 0.1) is 0 Å². The van der Waals surface area contributed by atoms with Crippen LogP contribution >= 0.6 is 15.9 Å². The quantitative estimate of drug-likeness (QED) is 0.542. The van der Waals surface area contributed by atoms with Crippen LogP contribution in [0.5, 0.6) is 0 Å². The Kier molecular flexibility index (Phi) is 6.69. The molecule has 2 fully saturated rings. The zero-order chi connectivity index (χ0) is 26.6. The molecular formula is C23H33BrN6O5S. The number of urea groups is 1. The number of carbonyl (C=O) groups is 2. The second kappa shape index (κ2) is 9.09. The van der Waals surface area contributed by atoms with Crippen molar-refractivity contribution >= 4 is 49.4 Å². The Morgan fingerprint density at radius 1 is 1.14 bits per heavy atom. The topological polar surface area (TPSA) is 108 Å². The van der Waals surface area contributed by atoms with E-state index in [-0.39, 0.29) is 10.9 Å². The molecule has 1 aliphatic carbocycles. The molecule has 0 radical (unpaired) electrons. The van der Waals surface area contributed by atoms with Gasteiger partial charge in [0.2, 0.25) is 0 Å². The van der Waals surface area contributed by atoms with Gasteiger partial charge in [0.25, 0.3) is 10.0 Å². The van der Waals surface area contributed by atoms with Gasteiger partial charge in [-0.3, -0.25) is 4.40 Å². The fraction of sp³-hybridized carbons (Fsp3) is 0.609. The van der Waals surface area contributed by atoms with Gasteiger partial charge in [-0.2, -0.15) is 4.31 Å². The zero-order valence-electron chi connectivity index (χ0n) is 21.5. The van der Waals surface area contributed by atoms with Gasteiger partial charge >= 0.3 is 12.1 Å². The highest BCUT2D eigenvalue weighted by molar-refractivity contribution is 9.10. The maximum absolute atomic E-state index is 14.0. The van der Waals surface area contributed by atoms with Crippen LogP contribution < -0.4 is 4.90 Å². The Balaban J connectivity index is 1.74. The molecule has 13 heteroatoms. The second-order valence-corrected chi connectivity index (χ2v) is 13.3. The zero-order valence-corrected chi connectivity index (χ0v) is 23.9. The van der Waals surface area contributed by atoms with Crippen LogP contribution in [-0.2, 0) is 14.8 Å². The number of fused-ring (bicyclic) bond motifs is 1. The van der Waals surface area contributed by atoms with Gasteiger partial charge in [-0.15, -0.1) is 0 Å². The molecule has 1 saturated carbocycles. The molecule has 36 heavy (non-hydrogen) atoms. The summed E-state index contributed by atoms with van der Waals surface area (Å²) in [6.07, 6.45) is 3.33. The molecule has 3 amide bonds. The number of nitrogens with zero attached hydrogens (tertiary/aromatic N) is 6. The fourth-order valence-corrected chi connectivity index (χ4v) is 6.29. The van der Waals surface area contributed by atoms with Crippen LogP contribution in [0.3, 0.4) is 0 Å². The van der Waals surface area contributed by atoms with Gasteiger partial charge in [0.1, 0.15) is 15.1 Å². The maximum atomic E-state index is 14.0. The average molecular weight is 586 g/mol. The molecule has 3 heterocycles. The number of ether oxygens (including phenoxy) is 1. The Morgan fingerprint density at radius 2 is 1.75 bits per heavy atom. The van der Waals surface area contributed by atoms with Crippen molar-refractivity contribution in [3.63, 3.8) is 0 Å². The molecule has 4 rings (SSSR count). The summed E-state index contributed by atoms with van der Waals surface area (Å²) in [7, 11) is -0.832. The molecule has 0 aromatic carbocycles. The molecule has 2 aromatic rings. The van der Waals surface area contributed by atoms with Crippen molar-refractivity contribution in [3.05, 3.63) is 23.1 Å². The van der Waals surface area contributed by atoms with Gasteiger partial charge in [0, 0.05) is 46.5 Å². The first-order valence-electron chi connectivity index (χ1n) is 11.8. The SMILES string of the molecule is CN(C)C(=O)N1CCN(c2cc(S(=O)(=O)N(C(=O)OC(C)(C)C)C3(C)CC3)cn3c(Br)cnc23)CC1. The van der Waals surface area contributed by atoms with Crippen molar-refractivity contribution in [3.8, 4) is 0 Å². The molecule has 0 N–H and O–H groups in total. The molecule has 198 valence electrons.